The predicted octanol–water partition coefficient (Wildman–Crippen LogP) is 4.46. The number of aromatic nitrogens is 2. The third-order valence-electron chi connectivity index (χ3n) is 3.73. The third-order valence-corrected chi connectivity index (χ3v) is 4.22. The molecule has 2 aromatic carbocycles. The molecule has 8 nitrogen and oxygen atoms in total. The highest BCUT2D eigenvalue weighted by atomic mass is 79.9. The zero-order valence-corrected chi connectivity index (χ0v) is 16.1. The summed E-state index contributed by atoms with van der Waals surface area (Å²) in [5, 5.41) is 21.3. The van der Waals surface area contributed by atoms with Crippen LogP contribution in [-0.2, 0) is 11.8 Å². The van der Waals surface area contributed by atoms with Crippen molar-refractivity contribution in [2.24, 2.45) is 7.05 Å². The number of hydrogen-bond donors (Lipinski definition) is 2. The van der Waals surface area contributed by atoms with Gasteiger partial charge in [-0.15, -0.1) is 0 Å². The van der Waals surface area contributed by atoms with E-state index < -0.39 is 4.92 Å². The van der Waals surface area contributed by atoms with Gasteiger partial charge in [-0.3, -0.25) is 19.6 Å². The van der Waals surface area contributed by atoms with Crippen molar-refractivity contribution in [1.29, 1.82) is 0 Å². The zero-order valence-electron chi connectivity index (χ0n) is 14.6. The fraction of sp³-hybridized carbons (Fsp3) is 0.111. The molecule has 1 heterocycles. The minimum Gasteiger partial charge on any atom is -0.350 e. The Morgan fingerprint density at radius 2 is 1.93 bits per heavy atom. The molecule has 0 saturated carbocycles. The van der Waals surface area contributed by atoms with Gasteiger partial charge in [-0.1, -0.05) is 15.9 Å². The molecule has 27 heavy (non-hydrogen) atoms. The average molecular weight is 430 g/mol. The average Bonchev–Trinajstić information content (AvgIpc) is 3.02. The van der Waals surface area contributed by atoms with Crippen molar-refractivity contribution < 1.29 is 9.72 Å². The van der Waals surface area contributed by atoms with Crippen LogP contribution in [-0.4, -0.2) is 20.6 Å². The van der Waals surface area contributed by atoms with Gasteiger partial charge in [0.05, 0.1) is 11.1 Å². The Balaban J connectivity index is 2.04. The lowest BCUT2D eigenvalue weighted by Gasteiger charge is -2.12. The number of nitro groups is 1. The Labute approximate surface area is 163 Å². The summed E-state index contributed by atoms with van der Waals surface area (Å²) in [5.74, 6) is -0.209. The maximum Gasteiger partial charge on any atom is 0.293 e. The van der Waals surface area contributed by atoms with Gasteiger partial charge in [0.25, 0.3) is 5.69 Å². The van der Waals surface area contributed by atoms with E-state index in [0.717, 1.165) is 11.1 Å². The van der Waals surface area contributed by atoms with Gasteiger partial charge in [0.1, 0.15) is 5.69 Å². The van der Waals surface area contributed by atoms with Crippen LogP contribution < -0.4 is 10.6 Å². The maximum absolute atomic E-state index is 11.5. The van der Waals surface area contributed by atoms with Crippen LogP contribution >= 0.6 is 15.9 Å². The number of hydrogen-bond acceptors (Lipinski definition) is 5. The Morgan fingerprint density at radius 3 is 2.56 bits per heavy atom. The van der Waals surface area contributed by atoms with E-state index in [1.165, 1.54) is 13.0 Å². The Hall–Kier alpha value is -3.20. The summed E-state index contributed by atoms with van der Waals surface area (Å²) < 4.78 is 2.29. The number of amides is 1. The van der Waals surface area contributed by atoms with Crippen LogP contribution in [0, 0.1) is 10.1 Å². The van der Waals surface area contributed by atoms with Crippen molar-refractivity contribution in [2.45, 2.75) is 6.92 Å². The Kier molecular flexibility index (Phi) is 5.22. The molecular formula is C18H16BrN5O3. The van der Waals surface area contributed by atoms with Gasteiger partial charge in [-0.05, 0) is 35.9 Å². The maximum atomic E-state index is 11.5. The van der Waals surface area contributed by atoms with E-state index in [9.17, 15) is 14.9 Å². The van der Waals surface area contributed by atoms with E-state index in [0.29, 0.717) is 21.5 Å². The molecule has 0 aliphatic carbocycles. The summed E-state index contributed by atoms with van der Waals surface area (Å²) in [6.07, 6.45) is 3.55. The van der Waals surface area contributed by atoms with Crippen molar-refractivity contribution in [3.8, 4) is 11.1 Å². The highest BCUT2D eigenvalue weighted by Gasteiger charge is 2.15. The second-order valence-electron chi connectivity index (χ2n) is 5.93. The molecule has 0 saturated heterocycles. The second kappa shape index (κ2) is 7.58. The first-order valence-corrected chi connectivity index (χ1v) is 8.74. The third kappa shape index (κ3) is 4.50. The molecule has 0 radical (unpaired) electrons. The van der Waals surface area contributed by atoms with E-state index in [1.807, 2.05) is 25.4 Å². The van der Waals surface area contributed by atoms with Gasteiger partial charge in [0, 0.05) is 47.6 Å². The molecule has 0 unspecified atom stereocenters. The van der Waals surface area contributed by atoms with E-state index in [1.54, 1.807) is 29.1 Å². The van der Waals surface area contributed by atoms with Crippen molar-refractivity contribution in [2.75, 3.05) is 10.6 Å². The number of halogens is 1. The number of aryl methyl sites for hydroxylation is 1. The lowest BCUT2D eigenvalue weighted by atomic mass is 10.1. The molecule has 1 amide bonds. The molecule has 2 N–H and O–H groups in total. The van der Waals surface area contributed by atoms with E-state index in [-0.39, 0.29) is 11.6 Å². The SMILES string of the molecule is CC(=O)Nc1cc(Nc2ccc(Br)cc2[N+](=O)[O-])cc(-c2cnn(C)c2)c1. The number of nitrogens with zero attached hydrogens (tertiary/aromatic N) is 3. The summed E-state index contributed by atoms with van der Waals surface area (Å²) in [4.78, 5) is 22.4. The van der Waals surface area contributed by atoms with Crippen molar-refractivity contribution in [1.82, 2.24) is 9.78 Å². The lowest BCUT2D eigenvalue weighted by molar-refractivity contribution is -0.384. The molecule has 0 spiro atoms. The number of nitrogens with one attached hydrogen (secondary N) is 2. The van der Waals surface area contributed by atoms with Gasteiger partial charge in [-0.25, -0.2) is 0 Å². The van der Waals surface area contributed by atoms with Crippen LogP contribution in [0.2, 0.25) is 0 Å². The molecule has 9 heteroatoms. The van der Waals surface area contributed by atoms with Crippen LogP contribution in [0.25, 0.3) is 11.1 Å². The largest absolute Gasteiger partial charge is 0.350 e. The molecule has 3 aromatic rings. The lowest BCUT2D eigenvalue weighted by Crippen LogP contribution is -2.06. The molecule has 0 fully saturated rings. The van der Waals surface area contributed by atoms with E-state index in [4.69, 9.17) is 0 Å². The molecule has 0 bridgehead atoms. The number of nitro benzene ring substituents is 1. The first kappa shape index (κ1) is 18.6. The zero-order chi connectivity index (χ0) is 19.6. The monoisotopic (exact) mass is 429 g/mol. The van der Waals surface area contributed by atoms with Crippen LogP contribution in [0.5, 0.6) is 0 Å². The summed E-state index contributed by atoms with van der Waals surface area (Å²) in [6, 6.07) is 10.1. The fourth-order valence-electron chi connectivity index (χ4n) is 2.63. The Bertz CT molecular complexity index is 1030. The van der Waals surface area contributed by atoms with Crippen molar-refractivity contribution >= 4 is 44.6 Å². The van der Waals surface area contributed by atoms with Crippen molar-refractivity contribution in [3.63, 3.8) is 0 Å². The Morgan fingerprint density at radius 1 is 1.19 bits per heavy atom. The van der Waals surface area contributed by atoms with Gasteiger partial charge in [-0.2, -0.15) is 5.10 Å². The fourth-order valence-corrected chi connectivity index (χ4v) is 2.98. The quantitative estimate of drug-likeness (QED) is 0.460. The molecule has 0 aliphatic heterocycles. The minimum absolute atomic E-state index is 0.0581. The first-order valence-electron chi connectivity index (χ1n) is 7.94. The predicted molar refractivity (Wildman–Crippen MR) is 107 cm³/mol. The first-order chi connectivity index (χ1) is 12.8. The number of rotatable bonds is 5. The van der Waals surface area contributed by atoms with Crippen LogP contribution in [0.3, 0.4) is 0 Å². The smallest absolute Gasteiger partial charge is 0.293 e. The summed E-state index contributed by atoms with van der Waals surface area (Å²) in [7, 11) is 1.81. The van der Waals surface area contributed by atoms with E-state index in [2.05, 4.69) is 31.7 Å². The van der Waals surface area contributed by atoms with Crippen LogP contribution in [0.1, 0.15) is 6.92 Å². The van der Waals surface area contributed by atoms with Crippen LogP contribution in [0.15, 0.2) is 53.3 Å². The number of anilines is 3. The van der Waals surface area contributed by atoms with Gasteiger partial charge in [0.15, 0.2) is 0 Å². The topological polar surface area (TPSA) is 102 Å². The number of carbonyl (C=O) groups is 1. The molecule has 0 atom stereocenters. The molecule has 1 aromatic heterocycles. The van der Waals surface area contributed by atoms with Gasteiger partial charge >= 0.3 is 0 Å². The minimum atomic E-state index is -0.452. The summed E-state index contributed by atoms with van der Waals surface area (Å²) in [6.45, 7) is 1.42. The van der Waals surface area contributed by atoms with E-state index >= 15 is 0 Å². The highest BCUT2D eigenvalue weighted by molar-refractivity contribution is 9.10. The summed E-state index contributed by atoms with van der Waals surface area (Å²) in [5.41, 5.74) is 3.14. The highest BCUT2D eigenvalue weighted by Crippen LogP contribution is 2.33. The molecular weight excluding hydrogens is 414 g/mol. The van der Waals surface area contributed by atoms with Crippen molar-refractivity contribution in [3.05, 3.63) is 63.4 Å². The second-order valence-corrected chi connectivity index (χ2v) is 6.84. The molecule has 3 rings (SSSR count). The number of benzene rings is 2. The van der Waals surface area contributed by atoms with Gasteiger partial charge in [0.2, 0.25) is 5.91 Å². The van der Waals surface area contributed by atoms with Gasteiger partial charge < -0.3 is 10.6 Å². The molecule has 138 valence electrons. The number of carbonyl (C=O) groups excluding carboxylic acids is 1. The summed E-state index contributed by atoms with van der Waals surface area (Å²) >= 11 is 3.24. The van der Waals surface area contributed by atoms with Crippen LogP contribution in [0.4, 0.5) is 22.7 Å². The normalized spacial score (nSPS) is 10.5. The standard InChI is InChI=1S/C18H16BrN5O3/c1-11(25)21-15-5-12(13-9-20-23(2)10-13)6-16(8-15)22-17-4-3-14(19)7-18(17)24(26)27/h3-10,22H,1-2H3,(H,21,25). The molecule has 0 aliphatic rings.